The Labute approximate surface area is 113 Å². The van der Waals surface area contributed by atoms with Crippen LogP contribution in [-0.2, 0) is 4.79 Å². The molecular formula is C14H19N3O2. The molecule has 3 N–H and O–H groups in total. The van der Waals surface area contributed by atoms with Gasteiger partial charge in [-0.05, 0) is 38.5 Å². The van der Waals surface area contributed by atoms with E-state index in [1.807, 2.05) is 19.9 Å². The van der Waals surface area contributed by atoms with E-state index in [1.165, 1.54) is 6.07 Å². The molecule has 1 aromatic carbocycles. The number of ether oxygens (including phenoxy) is 1. The monoisotopic (exact) mass is 261 g/mol. The van der Waals surface area contributed by atoms with E-state index in [0.717, 1.165) is 6.42 Å². The number of rotatable bonds is 5. The van der Waals surface area contributed by atoms with Crippen molar-refractivity contribution in [1.82, 2.24) is 5.32 Å². The van der Waals surface area contributed by atoms with Crippen molar-refractivity contribution in [3.05, 3.63) is 23.8 Å². The molecule has 0 aliphatic heterocycles. The third-order valence-corrected chi connectivity index (χ3v) is 2.80. The fourth-order valence-corrected chi connectivity index (χ4v) is 1.44. The smallest absolute Gasteiger partial charge is 0.260 e. The summed E-state index contributed by atoms with van der Waals surface area (Å²) in [5.41, 5.74) is 6.40. The summed E-state index contributed by atoms with van der Waals surface area (Å²) < 4.78 is 5.51. The zero-order chi connectivity index (χ0) is 14.4. The lowest BCUT2D eigenvalue weighted by Crippen LogP contribution is -2.41. The summed E-state index contributed by atoms with van der Waals surface area (Å²) in [4.78, 5) is 11.8. The van der Waals surface area contributed by atoms with Crippen LogP contribution in [0.1, 0.15) is 32.8 Å². The largest absolute Gasteiger partial charge is 0.480 e. The summed E-state index contributed by atoms with van der Waals surface area (Å²) in [5, 5.41) is 11.8. The second kappa shape index (κ2) is 6.64. The number of nitrogens with two attached hydrogens (primary N) is 1. The zero-order valence-electron chi connectivity index (χ0n) is 11.4. The Balaban J connectivity index is 2.74. The fraction of sp³-hybridized carbons (Fsp3) is 0.429. The molecule has 0 aliphatic carbocycles. The first-order valence-corrected chi connectivity index (χ1v) is 6.24. The quantitative estimate of drug-likeness (QED) is 0.791. The highest BCUT2D eigenvalue weighted by Gasteiger charge is 2.17. The van der Waals surface area contributed by atoms with Crippen LogP contribution in [0.15, 0.2) is 18.2 Å². The van der Waals surface area contributed by atoms with Gasteiger partial charge < -0.3 is 15.8 Å². The van der Waals surface area contributed by atoms with Crippen molar-refractivity contribution in [3.8, 4) is 11.8 Å². The summed E-state index contributed by atoms with van der Waals surface area (Å²) in [6.45, 7) is 5.56. The maximum absolute atomic E-state index is 11.8. The number of carbonyl (C=O) groups is 1. The van der Waals surface area contributed by atoms with Gasteiger partial charge in [-0.3, -0.25) is 4.79 Å². The number of nitrogen functional groups attached to an aromatic ring is 1. The first-order valence-electron chi connectivity index (χ1n) is 6.24. The van der Waals surface area contributed by atoms with Crippen LogP contribution in [0.4, 0.5) is 5.69 Å². The van der Waals surface area contributed by atoms with Crippen LogP contribution in [0, 0.1) is 11.3 Å². The molecular weight excluding hydrogens is 242 g/mol. The molecule has 2 unspecified atom stereocenters. The second-order valence-corrected chi connectivity index (χ2v) is 4.45. The minimum absolute atomic E-state index is 0.0976. The molecule has 0 saturated heterocycles. The average Bonchev–Trinajstić information content (AvgIpc) is 2.40. The summed E-state index contributed by atoms with van der Waals surface area (Å²) in [7, 11) is 0. The van der Waals surface area contributed by atoms with Gasteiger partial charge in [-0.1, -0.05) is 6.92 Å². The van der Waals surface area contributed by atoms with Gasteiger partial charge in [0.25, 0.3) is 5.91 Å². The molecule has 0 fully saturated rings. The molecule has 0 bridgehead atoms. The van der Waals surface area contributed by atoms with Crippen molar-refractivity contribution >= 4 is 11.6 Å². The van der Waals surface area contributed by atoms with Crippen LogP contribution < -0.4 is 15.8 Å². The van der Waals surface area contributed by atoms with Crippen molar-refractivity contribution < 1.29 is 9.53 Å². The fourth-order valence-electron chi connectivity index (χ4n) is 1.44. The minimum Gasteiger partial charge on any atom is -0.480 e. The summed E-state index contributed by atoms with van der Waals surface area (Å²) in [6, 6.07) is 6.85. The molecule has 102 valence electrons. The molecule has 0 saturated carbocycles. The summed E-state index contributed by atoms with van der Waals surface area (Å²) in [5.74, 6) is 0.165. The minimum atomic E-state index is -0.662. The zero-order valence-corrected chi connectivity index (χ0v) is 11.4. The highest BCUT2D eigenvalue weighted by atomic mass is 16.5. The Kier molecular flexibility index (Phi) is 5.19. The summed E-state index contributed by atoms with van der Waals surface area (Å²) in [6.07, 6.45) is 0.189. The molecule has 5 nitrogen and oxygen atoms in total. The van der Waals surface area contributed by atoms with E-state index in [-0.39, 0.29) is 11.9 Å². The van der Waals surface area contributed by atoms with Gasteiger partial charge in [-0.2, -0.15) is 5.26 Å². The molecule has 0 aromatic heterocycles. The van der Waals surface area contributed by atoms with Crippen molar-refractivity contribution in [1.29, 1.82) is 5.26 Å². The first kappa shape index (κ1) is 14.8. The van der Waals surface area contributed by atoms with Crippen LogP contribution in [0.3, 0.4) is 0 Å². The Bertz CT molecular complexity index is 494. The number of hydrogen-bond donors (Lipinski definition) is 2. The van der Waals surface area contributed by atoms with E-state index in [0.29, 0.717) is 17.0 Å². The van der Waals surface area contributed by atoms with Gasteiger partial charge in [0.15, 0.2) is 6.10 Å². The van der Waals surface area contributed by atoms with Gasteiger partial charge in [0.05, 0.1) is 5.56 Å². The molecule has 0 radical (unpaired) electrons. The van der Waals surface area contributed by atoms with Crippen molar-refractivity contribution in [2.75, 3.05) is 5.73 Å². The van der Waals surface area contributed by atoms with Crippen LogP contribution in [0.25, 0.3) is 0 Å². The maximum Gasteiger partial charge on any atom is 0.260 e. The van der Waals surface area contributed by atoms with Gasteiger partial charge in [0.1, 0.15) is 11.8 Å². The SMILES string of the molecule is CCC(C)NC(=O)C(C)Oc1ccc(N)cc1C#N. The van der Waals surface area contributed by atoms with Gasteiger partial charge in [-0.25, -0.2) is 0 Å². The van der Waals surface area contributed by atoms with Gasteiger partial charge in [-0.15, -0.1) is 0 Å². The molecule has 1 rings (SSSR count). The molecule has 0 heterocycles. The summed E-state index contributed by atoms with van der Waals surface area (Å²) >= 11 is 0. The van der Waals surface area contributed by atoms with E-state index >= 15 is 0 Å². The Hall–Kier alpha value is -2.22. The topological polar surface area (TPSA) is 88.1 Å². The van der Waals surface area contributed by atoms with Crippen molar-refractivity contribution in [2.24, 2.45) is 0 Å². The third-order valence-electron chi connectivity index (χ3n) is 2.80. The molecule has 19 heavy (non-hydrogen) atoms. The standard InChI is InChI=1S/C14H19N3O2/c1-4-9(2)17-14(18)10(3)19-13-6-5-12(16)7-11(13)8-15/h5-7,9-10H,4,16H2,1-3H3,(H,17,18). The lowest BCUT2D eigenvalue weighted by atomic mass is 10.2. The van der Waals surface area contributed by atoms with Gasteiger partial charge in [0, 0.05) is 11.7 Å². The molecule has 5 heteroatoms. The highest BCUT2D eigenvalue weighted by Crippen LogP contribution is 2.21. The average molecular weight is 261 g/mol. The maximum atomic E-state index is 11.8. The van der Waals surface area contributed by atoms with Crippen LogP contribution in [0.5, 0.6) is 5.75 Å². The normalized spacial score (nSPS) is 13.2. The van der Waals surface area contributed by atoms with E-state index in [1.54, 1.807) is 19.1 Å². The van der Waals surface area contributed by atoms with Gasteiger partial charge in [0.2, 0.25) is 0 Å². The number of amides is 1. The number of carbonyl (C=O) groups excluding carboxylic acids is 1. The molecule has 1 amide bonds. The second-order valence-electron chi connectivity index (χ2n) is 4.45. The van der Waals surface area contributed by atoms with Crippen LogP contribution >= 0.6 is 0 Å². The number of benzene rings is 1. The van der Waals surface area contributed by atoms with Crippen molar-refractivity contribution in [3.63, 3.8) is 0 Å². The Morgan fingerprint density at radius 1 is 1.53 bits per heavy atom. The first-order chi connectivity index (χ1) is 8.97. The molecule has 2 atom stereocenters. The van der Waals surface area contributed by atoms with E-state index < -0.39 is 6.10 Å². The Morgan fingerprint density at radius 2 is 2.21 bits per heavy atom. The number of hydrogen-bond acceptors (Lipinski definition) is 4. The molecule has 1 aromatic rings. The van der Waals surface area contributed by atoms with Gasteiger partial charge >= 0.3 is 0 Å². The van der Waals surface area contributed by atoms with Crippen molar-refractivity contribution in [2.45, 2.75) is 39.3 Å². The number of nitriles is 1. The highest BCUT2D eigenvalue weighted by molar-refractivity contribution is 5.81. The van der Waals surface area contributed by atoms with Crippen LogP contribution in [0.2, 0.25) is 0 Å². The number of nitrogens with one attached hydrogen (secondary N) is 1. The number of anilines is 1. The van der Waals surface area contributed by atoms with E-state index in [2.05, 4.69) is 5.32 Å². The molecule has 0 aliphatic rings. The third kappa shape index (κ3) is 4.18. The Morgan fingerprint density at radius 3 is 2.79 bits per heavy atom. The molecule has 0 spiro atoms. The predicted octanol–water partition coefficient (Wildman–Crippen LogP) is 1.82. The lowest BCUT2D eigenvalue weighted by molar-refractivity contribution is -0.127. The van der Waals surface area contributed by atoms with E-state index in [9.17, 15) is 4.79 Å². The van der Waals surface area contributed by atoms with E-state index in [4.69, 9.17) is 15.7 Å². The number of nitrogens with zero attached hydrogens (tertiary/aromatic N) is 1. The lowest BCUT2D eigenvalue weighted by Gasteiger charge is -2.18. The predicted molar refractivity (Wildman–Crippen MR) is 73.6 cm³/mol. The van der Waals surface area contributed by atoms with Crippen LogP contribution in [-0.4, -0.2) is 18.1 Å².